The van der Waals surface area contributed by atoms with Gasteiger partial charge in [0.05, 0.1) is 4.92 Å². The van der Waals surface area contributed by atoms with Crippen molar-refractivity contribution in [2.75, 3.05) is 5.73 Å². The van der Waals surface area contributed by atoms with Crippen molar-refractivity contribution in [1.29, 1.82) is 0 Å². The molecule has 64 valence electrons. The highest BCUT2D eigenvalue weighted by Gasteiger charge is 2.15. The minimum atomic E-state index is -0.436. The van der Waals surface area contributed by atoms with E-state index in [9.17, 15) is 10.1 Å². The molecule has 2 N–H and O–H groups in total. The smallest absolute Gasteiger partial charge is 0.295 e. The second kappa shape index (κ2) is 3.21. The maximum atomic E-state index is 10.5. The highest BCUT2D eigenvalue weighted by atomic mass is 16.6. The number of benzene rings is 1. The van der Waals surface area contributed by atoms with E-state index in [2.05, 4.69) is 0 Å². The Kier molecular flexibility index (Phi) is 2.28. The van der Waals surface area contributed by atoms with Crippen molar-refractivity contribution in [2.24, 2.45) is 0 Å². The van der Waals surface area contributed by atoms with Gasteiger partial charge in [0.15, 0.2) is 0 Å². The molecule has 1 aromatic rings. The first kappa shape index (κ1) is 8.52. The lowest BCUT2D eigenvalue weighted by molar-refractivity contribution is -0.384. The summed E-state index contributed by atoms with van der Waals surface area (Å²) in [5, 5.41) is 10.5. The number of nitro benzene ring substituents is 1. The van der Waals surface area contributed by atoms with E-state index >= 15 is 0 Å². The normalized spacial score (nSPS) is 9.75. The largest absolute Gasteiger partial charge is 0.393 e. The molecular formula is C8H10N2O2. The van der Waals surface area contributed by atoms with Crippen molar-refractivity contribution >= 4 is 11.4 Å². The Labute approximate surface area is 70.2 Å². The van der Waals surface area contributed by atoms with E-state index in [1.807, 2.05) is 6.92 Å². The van der Waals surface area contributed by atoms with E-state index in [1.165, 1.54) is 6.07 Å². The van der Waals surface area contributed by atoms with Gasteiger partial charge in [-0.3, -0.25) is 10.1 Å². The topological polar surface area (TPSA) is 69.2 Å². The molecule has 0 aliphatic heterocycles. The molecule has 0 aliphatic carbocycles. The molecule has 0 atom stereocenters. The lowest BCUT2D eigenvalue weighted by Crippen LogP contribution is -1.99. The second-order valence-electron chi connectivity index (χ2n) is 2.47. The van der Waals surface area contributed by atoms with Gasteiger partial charge < -0.3 is 5.73 Å². The average molecular weight is 166 g/mol. The number of aryl methyl sites for hydroxylation is 1. The van der Waals surface area contributed by atoms with Crippen LogP contribution in [0.2, 0.25) is 0 Å². The minimum Gasteiger partial charge on any atom is -0.393 e. The fraction of sp³-hybridized carbons (Fsp3) is 0.250. The van der Waals surface area contributed by atoms with Gasteiger partial charge in [0.1, 0.15) is 5.69 Å². The highest BCUT2D eigenvalue weighted by Crippen LogP contribution is 2.25. The van der Waals surface area contributed by atoms with Crippen LogP contribution < -0.4 is 5.73 Å². The standard InChI is InChI=1S/C8H10N2O2/c1-2-6-4-3-5-7(9)8(6)10(11)12/h3-5H,2,9H2,1H3. The number of para-hydroxylation sites is 1. The van der Waals surface area contributed by atoms with Crippen LogP contribution in [0.25, 0.3) is 0 Å². The lowest BCUT2D eigenvalue weighted by atomic mass is 10.1. The third-order valence-corrected chi connectivity index (χ3v) is 1.71. The summed E-state index contributed by atoms with van der Waals surface area (Å²) in [4.78, 5) is 10.1. The lowest BCUT2D eigenvalue weighted by Gasteiger charge is -2.01. The first-order valence-corrected chi connectivity index (χ1v) is 3.68. The summed E-state index contributed by atoms with van der Waals surface area (Å²) in [6.45, 7) is 1.86. The van der Waals surface area contributed by atoms with Crippen molar-refractivity contribution in [3.05, 3.63) is 33.9 Å². The summed E-state index contributed by atoms with van der Waals surface area (Å²) in [5.41, 5.74) is 6.41. The Balaban J connectivity index is 3.29. The monoisotopic (exact) mass is 166 g/mol. The molecule has 4 heteroatoms. The van der Waals surface area contributed by atoms with Gasteiger partial charge in [-0.15, -0.1) is 0 Å². The fourth-order valence-electron chi connectivity index (χ4n) is 1.12. The summed E-state index contributed by atoms with van der Waals surface area (Å²) >= 11 is 0. The Morgan fingerprint density at radius 1 is 1.58 bits per heavy atom. The molecule has 1 rings (SSSR count). The molecule has 0 radical (unpaired) electrons. The molecule has 0 saturated carbocycles. The van der Waals surface area contributed by atoms with Crippen molar-refractivity contribution in [2.45, 2.75) is 13.3 Å². The van der Waals surface area contributed by atoms with Crippen LogP contribution in [-0.2, 0) is 6.42 Å². The molecule has 0 aromatic heterocycles. The van der Waals surface area contributed by atoms with Crippen molar-refractivity contribution in [3.63, 3.8) is 0 Å². The van der Waals surface area contributed by atoms with Gasteiger partial charge in [-0.1, -0.05) is 19.1 Å². The molecule has 1 aromatic carbocycles. The molecule has 0 heterocycles. The molecule has 0 aliphatic rings. The minimum absolute atomic E-state index is 0.0417. The molecule has 0 saturated heterocycles. The maximum Gasteiger partial charge on any atom is 0.295 e. The Hall–Kier alpha value is -1.58. The van der Waals surface area contributed by atoms with Gasteiger partial charge in [-0.2, -0.15) is 0 Å². The molecule has 0 spiro atoms. The van der Waals surface area contributed by atoms with Crippen molar-refractivity contribution in [1.82, 2.24) is 0 Å². The quantitative estimate of drug-likeness (QED) is 0.413. The van der Waals surface area contributed by atoms with Crippen LogP contribution in [0.4, 0.5) is 11.4 Å². The first-order chi connectivity index (χ1) is 5.66. The van der Waals surface area contributed by atoms with Gasteiger partial charge in [0, 0.05) is 5.56 Å². The van der Waals surface area contributed by atoms with Crippen LogP contribution in [0, 0.1) is 10.1 Å². The average Bonchev–Trinajstić information content (AvgIpc) is 2.03. The van der Waals surface area contributed by atoms with E-state index in [4.69, 9.17) is 5.73 Å². The number of hydrogen-bond donors (Lipinski definition) is 1. The van der Waals surface area contributed by atoms with Crippen LogP contribution in [-0.4, -0.2) is 4.92 Å². The van der Waals surface area contributed by atoms with E-state index < -0.39 is 4.92 Å². The molecular weight excluding hydrogens is 156 g/mol. The SMILES string of the molecule is CCc1cccc(N)c1[N+](=O)[O-]. The summed E-state index contributed by atoms with van der Waals surface area (Å²) in [5.74, 6) is 0. The number of nitrogens with two attached hydrogens (primary N) is 1. The fourth-order valence-corrected chi connectivity index (χ4v) is 1.12. The number of nitro groups is 1. The van der Waals surface area contributed by atoms with Gasteiger partial charge in [0.25, 0.3) is 5.69 Å². The summed E-state index contributed by atoms with van der Waals surface area (Å²) in [7, 11) is 0. The summed E-state index contributed by atoms with van der Waals surface area (Å²) in [6.07, 6.45) is 0.626. The summed E-state index contributed by atoms with van der Waals surface area (Å²) in [6, 6.07) is 4.98. The zero-order chi connectivity index (χ0) is 9.14. The number of anilines is 1. The zero-order valence-corrected chi connectivity index (χ0v) is 6.78. The molecule has 0 bridgehead atoms. The Morgan fingerprint density at radius 2 is 2.25 bits per heavy atom. The maximum absolute atomic E-state index is 10.5. The van der Waals surface area contributed by atoms with E-state index in [1.54, 1.807) is 12.1 Å². The van der Waals surface area contributed by atoms with Crippen LogP contribution in [0.1, 0.15) is 12.5 Å². The molecule has 0 unspecified atom stereocenters. The van der Waals surface area contributed by atoms with Gasteiger partial charge >= 0.3 is 0 Å². The van der Waals surface area contributed by atoms with Gasteiger partial charge in [0.2, 0.25) is 0 Å². The highest BCUT2D eigenvalue weighted by molar-refractivity contribution is 5.62. The van der Waals surface area contributed by atoms with Crippen LogP contribution in [0.5, 0.6) is 0 Å². The Bertz CT molecular complexity index is 310. The predicted molar refractivity (Wildman–Crippen MR) is 46.9 cm³/mol. The molecule has 4 nitrogen and oxygen atoms in total. The number of nitrogen functional groups attached to an aromatic ring is 1. The Morgan fingerprint density at radius 3 is 2.67 bits per heavy atom. The third-order valence-electron chi connectivity index (χ3n) is 1.71. The first-order valence-electron chi connectivity index (χ1n) is 3.68. The van der Waals surface area contributed by atoms with Gasteiger partial charge in [-0.25, -0.2) is 0 Å². The molecule has 0 fully saturated rings. The zero-order valence-electron chi connectivity index (χ0n) is 6.78. The number of nitrogens with zero attached hydrogens (tertiary/aromatic N) is 1. The van der Waals surface area contributed by atoms with Gasteiger partial charge in [-0.05, 0) is 12.5 Å². The number of rotatable bonds is 2. The van der Waals surface area contributed by atoms with E-state index in [0.29, 0.717) is 12.0 Å². The van der Waals surface area contributed by atoms with E-state index in [0.717, 1.165) is 0 Å². The molecule has 0 amide bonds. The van der Waals surface area contributed by atoms with Crippen LogP contribution >= 0.6 is 0 Å². The third kappa shape index (κ3) is 1.37. The number of hydrogen-bond acceptors (Lipinski definition) is 3. The van der Waals surface area contributed by atoms with Crippen molar-refractivity contribution in [3.8, 4) is 0 Å². The van der Waals surface area contributed by atoms with Crippen LogP contribution in [0.3, 0.4) is 0 Å². The second-order valence-corrected chi connectivity index (χ2v) is 2.47. The van der Waals surface area contributed by atoms with Crippen LogP contribution in [0.15, 0.2) is 18.2 Å². The summed E-state index contributed by atoms with van der Waals surface area (Å²) < 4.78 is 0. The van der Waals surface area contributed by atoms with Crippen molar-refractivity contribution < 1.29 is 4.92 Å². The van der Waals surface area contributed by atoms with E-state index in [-0.39, 0.29) is 11.4 Å². The predicted octanol–water partition coefficient (Wildman–Crippen LogP) is 1.74. The molecule has 12 heavy (non-hydrogen) atoms.